The van der Waals surface area contributed by atoms with Gasteiger partial charge in [0.25, 0.3) is 0 Å². The van der Waals surface area contributed by atoms with Gasteiger partial charge in [-0.25, -0.2) is 0 Å². The summed E-state index contributed by atoms with van der Waals surface area (Å²) in [7, 11) is 0. The summed E-state index contributed by atoms with van der Waals surface area (Å²) in [5.74, 6) is -0.0521. The molecule has 2 aromatic carbocycles. The van der Waals surface area contributed by atoms with Crippen molar-refractivity contribution in [1.29, 1.82) is 0 Å². The van der Waals surface area contributed by atoms with E-state index in [0.29, 0.717) is 11.4 Å². The molecule has 3 aromatic rings. The summed E-state index contributed by atoms with van der Waals surface area (Å²) in [6.45, 7) is 5.93. The molecule has 0 saturated carbocycles. The van der Waals surface area contributed by atoms with Crippen LogP contribution in [0.3, 0.4) is 0 Å². The van der Waals surface area contributed by atoms with Crippen molar-refractivity contribution in [3.05, 3.63) is 69.9 Å². The van der Waals surface area contributed by atoms with Gasteiger partial charge >= 0.3 is 0 Å². The molecule has 0 spiro atoms. The summed E-state index contributed by atoms with van der Waals surface area (Å²) in [5, 5.41) is 4.72. The van der Waals surface area contributed by atoms with Crippen LogP contribution < -0.4 is 5.32 Å². The number of rotatable bonds is 3. The first-order valence-electron chi connectivity index (χ1n) is 7.86. The van der Waals surface area contributed by atoms with Gasteiger partial charge in [0.05, 0.1) is 11.9 Å². The second kappa shape index (κ2) is 6.62. The number of nitrogens with one attached hydrogen (secondary N) is 1. The molecule has 0 aliphatic rings. The highest BCUT2D eigenvalue weighted by Crippen LogP contribution is 2.24. The lowest BCUT2D eigenvalue weighted by atomic mass is 9.99. The zero-order chi connectivity index (χ0) is 17.3. The number of pyridine rings is 1. The monoisotopic (exact) mass is 338 g/mol. The van der Waals surface area contributed by atoms with Crippen molar-refractivity contribution in [3.63, 3.8) is 0 Å². The van der Waals surface area contributed by atoms with Crippen LogP contribution in [0, 0.1) is 20.8 Å². The second-order valence-corrected chi connectivity index (χ2v) is 6.44. The highest BCUT2D eigenvalue weighted by atomic mass is 35.5. The number of halogens is 1. The summed E-state index contributed by atoms with van der Waals surface area (Å²) in [4.78, 5) is 17.1. The lowest BCUT2D eigenvalue weighted by Crippen LogP contribution is -2.17. The van der Waals surface area contributed by atoms with E-state index >= 15 is 0 Å². The number of aromatic nitrogens is 1. The van der Waals surface area contributed by atoms with Crippen molar-refractivity contribution in [2.75, 3.05) is 5.32 Å². The van der Waals surface area contributed by atoms with Gasteiger partial charge in [-0.15, -0.1) is 0 Å². The Bertz CT molecular complexity index is 934. The Labute approximate surface area is 146 Å². The molecule has 1 aromatic heterocycles. The largest absolute Gasteiger partial charge is 0.326 e. The van der Waals surface area contributed by atoms with E-state index < -0.39 is 0 Å². The highest BCUT2D eigenvalue weighted by molar-refractivity contribution is 6.30. The van der Waals surface area contributed by atoms with Crippen molar-refractivity contribution in [2.24, 2.45) is 0 Å². The van der Waals surface area contributed by atoms with Crippen molar-refractivity contribution >= 4 is 34.1 Å². The van der Waals surface area contributed by atoms with Crippen LogP contribution in [-0.4, -0.2) is 10.9 Å². The van der Waals surface area contributed by atoms with Gasteiger partial charge in [0.15, 0.2) is 0 Å². The van der Waals surface area contributed by atoms with E-state index in [-0.39, 0.29) is 5.91 Å². The lowest BCUT2D eigenvalue weighted by molar-refractivity contribution is -0.115. The Kier molecular flexibility index (Phi) is 4.54. The van der Waals surface area contributed by atoms with E-state index in [9.17, 15) is 4.79 Å². The number of anilines is 1. The topological polar surface area (TPSA) is 42.0 Å². The molecular formula is C20H19ClN2O. The highest BCUT2D eigenvalue weighted by Gasteiger charge is 2.13. The van der Waals surface area contributed by atoms with E-state index in [1.807, 2.05) is 57.2 Å². The summed E-state index contributed by atoms with van der Waals surface area (Å²) in [6.07, 6.45) is 0.303. The van der Waals surface area contributed by atoms with Crippen LogP contribution in [0.25, 0.3) is 10.9 Å². The number of para-hydroxylation sites is 1. The molecule has 1 heterocycles. The molecule has 0 unspecified atom stereocenters. The van der Waals surface area contributed by atoms with E-state index in [0.717, 1.165) is 39.0 Å². The summed E-state index contributed by atoms with van der Waals surface area (Å²) in [5.41, 5.74) is 5.69. The zero-order valence-electron chi connectivity index (χ0n) is 14.0. The molecule has 1 N–H and O–H groups in total. The van der Waals surface area contributed by atoms with Crippen LogP contribution in [0.15, 0.2) is 42.5 Å². The number of carbonyl (C=O) groups is 1. The SMILES string of the molecule is Cc1cc(Cl)ccc1NC(=O)Cc1c(C)nc2ccccc2c1C. The number of hydrogen-bond acceptors (Lipinski definition) is 2. The molecule has 0 aliphatic carbocycles. The van der Waals surface area contributed by atoms with Gasteiger partial charge in [-0.05, 0) is 61.7 Å². The molecule has 3 nitrogen and oxygen atoms in total. The van der Waals surface area contributed by atoms with E-state index in [2.05, 4.69) is 10.3 Å². The molecule has 1 amide bonds. The number of amides is 1. The van der Waals surface area contributed by atoms with Gasteiger partial charge < -0.3 is 5.32 Å². The van der Waals surface area contributed by atoms with Crippen LogP contribution in [-0.2, 0) is 11.2 Å². The number of nitrogens with zero attached hydrogens (tertiary/aromatic N) is 1. The van der Waals surface area contributed by atoms with Crippen LogP contribution in [0.1, 0.15) is 22.4 Å². The van der Waals surface area contributed by atoms with Crippen LogP contribution in [0.2, 0.25) is 5.02 Å². The Balaban J connectivity index is 1.88. The number of aryl methyl sites for hydroxylation is 3. The molecule has 3 rings (SSSR count). The maximum atomic E-state index is 12.5. The third kappa shape index (κ3) is 3.26. The molecule has 0 saturated heterocycles. The Morgan fingerprint density at radius 3 is 2.62 bits per heavy atom. The fourth-order valence-corrected chi connectivity index (χ4v) is 3.18. The summed E-state index contributed by atoms with van der Waals surface area (Å²) < 4.78 is 0. The molecule has 0 atom stereocenters. The molecule has 24 heavy (non-hydrogen) atoms. The summed E-state index contributed by atoms with van der Waals surface area (Å²) >= 11 is 5.96. The maximum absolute atomic E-state index is 12.5. The van der Waals surface area contributed by atoms with Crippen molar-refractivity contribution in [2.45, 2.75) is 27.2 Å². The third-order valence-electron chi connectivity index (χ3n) is 4.29. The minimum Gasteiger partial charge on any atom is -0.326 e. The standard InChI is InChI=1S/C20H19ClN2O/c1-12-10-15(21)8-9-18(12)23-20(24)11-17-13(2)16-6-4-5-7-19(16)22-14(17)3/h4-10H,11H2,1-3H3,(H,23,24). The molecule has 122 valence electrons. The minimum absolute atomic E-state index is 0.0521. The molecule has 0 fully saturated rings. The van der Waals surface area contributed by atoms with E-state index in [1.165, 1.54) is 0 Å². The fraction of sp³-hybridized carbons (Fsp3) is 0.200. The van der Waals surface area contributed by atoms with Crippen molar-refractivity contribution < 1.29 is 4.79 Å². The number of hydrogen-bond donors (Lipinski definition) is 1. The van der Waals surface area contributed by atoms with Gasteiger partial charge in [0.2, 0.25) is 5.91 Å². The quantitative estimate of drug-likeness (QED) is 0.730. The Morgan fingerprint density at radius 1 is 1.12 bits per heavy atom. The predicted octanol–water partition coefficient (Wildman–Crippen LogP) is 4.99. The van der Waals surface area contributed by atoms with Crippen molar-refractivity contribution in [3.8, 4) is 0 Å². The number of benzene rings is 2. The predicted molar refractivity (Wildman–Crippen MR) is 99.7 cm³/mol. The lowest BCUT2D eigenvalue weighted by Gasteiger charge is -2.13. The zero-order valence-corrected chi connectivity index (χ0v) is 14.7. The van der Waals surface area contributed by atoms with Crippen LogP contribution in [0.4, 0.5) is 5.69 Å². The smallest absolute Gasteiger partial charge is 0.228 e. The number of fused-ring (bicyclic) bond motifs is 1. The number of carbonyl (C=O) groups excluding carboxylic acids is 1. The first-order chi connectivity index (χ1) is 11.5. The first kappa shape index (κ1) is 16.5. The van der Waals surface area contributed by atoms with Gasteiger partial charge in [0.1, 0.15) is 0 Å². The van der Waals surface area contributed by atoms with E-state index in [1.54, 1.807) is 6.07 Å². The van der Waals surface area contributed by atoms with Gasteiger partial charge in [-0.3, -0.25) is 9.78 Å². The van der Waals surface area contributed by atoms with Crippen LogP contribution >= 0.6 is 11.6 Å². The summed E-state index contributed by atoms with van der Waals surface area (Å²) in [6, 6.07) is 13.5. The average molecular weight is 339 g/mol. The molecular weight excluding hydrogens is 320 g/mol. The minimum atomic E-state index is -0.0521. The van der Waals surface area contributed by atoms with Gasteiger partial charge in [0, 0.05) is 21.8 Å². The molecule has 0 bridgehead atoms. The normalized spacial score (nSPS) is 10.8. The third-order valence-corrected chi connectivity index (χ3v) is 4.52. The first-order valence-corrected chi connectivity index (χ1v) is 8.24. The van der Waals surface area contributed by atoms with Crippen LogP contribution in [0.5, 0.6) is 0 Å². The molecule has 0 radical (unpaired) electrons. The molecule has 0 aliphatic heterocycles. The fourth-order valence-electron chi connectivity index (χ4n) is 2.95. The maximum Gasteiger partial charge on any atom is 0.228 e. The average Bonchev–Trinajstić information content (AvgIpc) is 2.54. The van der Waals surface area contributed by atoms with Gasteiger partial charge in [-0.2, -0.15) is 0 Å². The Morgan fingerprint density at radius 2 is 1.88 bits per heavy atom. The van der Waals surface area contributed by atoms with E-state index in [4.69, 9.17) is 11.6 Å². The Hall–Kier alpha value is -2.39. The van der Waals surface area contributed by atoms with Crippen molar-refractivity contribution in [1.82, 2.24) is 4.98 Å². The van der Waals surface area contributed by atoms with Gasteiger partial charge in [-0.1, -0.05) is 29.8 Å². The molecule has 4 heteroatoms. The second-order valence-electron chi connectivity index (χ2n) is 6.00.